The normalized spacial score (nSPS) is 10.2. The average Bonchev–Trinajstić information content (AvgIpc) is 2.33. The summed E-state index contributed by atoms with van der Waals surface area (Å²) in [6.07, 6.45) is 0. The van der Waals surface area contributed by atoms with E-state index in [1.165, 1.54) is 0 Å². The summed E-state index contributed by atoms with van der Waals surface area (Å²) in [5.41, 5.74) is 1.80. The van der Waals surface area contributed by atoms with E-state index in [-0.39, 0.29) is 5.91 Å². The molecule has 0 aliphatic heterocycles. The molecule has 94 valence electrons. The number of benzene rings is 1. The largest absolute Gasteiger partial charge is 0.383 e. The highest BCUT2D eigenvalue weighted by Gasteiger charge is 2.03. The van der Waals surface area contributed by atoms with Crippen molar-refractivity contribution in [2.24, 2.45) is 0 Å². The fourth-order valence-corrected chi connectivity index (χ4v) is 1.45. The van der Waals surface area contributed by atoms with Gasteiger partial charge in [0.1, 0.15) is 0 Å². The van der Waals surface area contributed by atoms with Crippen LogP contribution in [-0.4, -0.2) is 39.3 Å². The monoisotopic (exact) mass is 236 g/mol. The first-order valence-corrected chi connectivity index (χ1v) is 5.78. The SMILES string of the molecule is COCCNCCNC(=O)c1cccc(C)c1. The molecule has 1 rings (SSSR count). The fraction of sp³-hybridized carbons (Fsp3) is 0.462. The van der Waals surface area contributed by atoms with Crippen molar-refractivity contribution < 1.29 is 9.53 Å². The molecule has 17 heavy (non-hydrogen) atoms. The van der Waals surface area contributed by atoms with Crippen molar-refractivity contribution in [2.45, 2.75) is 6.92 Å². The van der Waals surface area contributed by atoms with Crippen LogP contribution in [0.3, 0.4) is 0 Å². The number of nitrogens with one attached hydrogen (secondary N) is 2. The molecule has 0 spiro atoms. The molecule has 1 amide bonds. The van der Waals surface area contributed by atoms with Crippen LogP contribution >= 0.6 is 0 Å². The molecule has 4 heteroatoms. The fourth-order valence-electron chi connectivity index (χ4n) is 1.45. The van der Waals surface area contributed by atoms with Crippen LogP contribution in [-0.2, 0) is 4.74 Å². The molecule has 2 N–H and O–H groups in total. The van der Waals surface area contributed by atoms with Crippen LogP contribution < -0.4 is 10.6 Å². The maximum Gasteiger partial charge on any atom is 0.251 e. The van der Waals surface area contributed by atoms with E-state index < -0.39 is 0 Å². The molecular weight excluding hydrogens is 216 g/mol. The number of aryl methyl sites for hydroxylation is 1. The first-order chi connectivity index (χ1) is 8.24. The number of hydrogen-bond donors (Lipinski definition) is 2. The zero-order valence-corrected chi connectivity index (χ0v) is 10.5. The molecule has 0 heterocycles. The molecule has 4 nitrogen and oxygen atoms in total. The zero-order valence-electron chi connectivity index (χ0n) is 10.5. The van der Waals surface area contributed by atoms with E-state index in [1.807, 2.05) is 31.2 Å². The predicted octanol–water partition coefficient (Wildman–Crippen LogP) is 0.961. The number of methoxy groups -OCH3 is 1. The molecule has 0 aromatic heterocycles. The highest BCUT2D eigenvalue weighted by atomic mass is 16.5. The molecule has 0 saturated carbocycles. The van der Waals surface area contributed by atoms with Gasteiger partial charge in [-0.3, -0.25) is 4.79 Å². The van der Waals surface area contributed by atoms with E-state index in [1.54, 1.807) is 7.11 Å². The van der Waals surface area contributed by atoms with Gasteiger partial charge in [0, 0.05) is 32.3 Å². The molecule has 1 aromatic rings. The van der Waals surface area contributed by atoms with Crippen molar-refractivity contribution in [1.82, 2.24) is 10.6 Å². The number of rotatable bonds is 7. The Morgan fingerprint density at radius 1 is 1.29 bits per heavy atom. The number of hydrogen-bond acceptors (Lipinski definition) is 3. The van der Waals surface area contributed by atoms with E-state index >= 15 is 0 Å². The molecule has 0 unspecified atom stereocenters. The summed E-state index contributed by atoms with van der Waals surface area (Å²) in [4.78, 5) is 11.7. The van der Waals surface area contributed by atoms with Gasteiger partial charge in [-0.15, -0.1) is 0 Å². The van der Waals surface area contributed by atoms with Crippen LogP contribution in [0.2, 0.25) is 0 Å². The number of carbonyl (C=O) groups excluding carboxylic acids is 1. The Kier molecular flexibility index (Phi) is 6.29. The summed E-state index contributed by atoms with van der Waals surface area (Å²) >= 11 is 0. The highest BCUT2D eigenvalue weighted by Crippen LogP contribution is 2.03. The van der Waals surface area contributed by atoms with Gasteiger partial charge in [-0.05, 0) is 19.1 Å². The molecule has 0 aliphatic rings. The Hall–Kier alpha value is -1.39. The van der Waals surface area contributed by atoms with E-state index in [0.717, 1.165) is 18.7 Å². The topological polar surface area (TPSA) is 50.4 Å². The van der Waals surface area contributed by atoms with Crippen LogP contribution in [0.5, 0.6) is 0 Å². The van der Waals surface area contributed by atoms with Crippen LogP contribution in [0.1, 0.15) is 15.9 Å². The van der Waals surface area contributed by atoms with Crippen LogP contribution in [0.15, 0.2) is 24.3 Å². The number of ether oxygens (including phenoxy) is 1. The Labute approximate surface area is 102 Å². The number of amides is 1. The summed E-state index contributed by atoms with van der Waals surface area (Å²) in [6, 6.07) is 7.57. The first-order valence-electron chi connectivity index (χ1n) is 5.78. The Balaban J connectivity index is 2.21. The summed E-state index contributed by atoms with van der Waals surface area (Å²) in [5.74, 6) is -0.0257. The van der Waals surface area contributed by atoms with E-state index in [2.05, 4.69) is 10.6 Å². The van der Waals surface area contributed by atoms with Crippen molar-refractivity contribution in [3.8, 4) is 0 Å². The Morgan fingerprint density at radius 3 is 2.82 bits per heavy atom. The summed E-state index contributed by atoms with van der Waals surface area (Å²) in [7, 11) is 1.67. The second kappa shape index (κ2) is 7.81. The molecule has 0 saturated heterocycles. The lowest BCUT2D eigenvalue weighted by Crippen LogP contribution is -2.33. The van der Waals surface area contributed by atoms with E-state index in [0.29, 0.717) is 18.7 Å². The summed E-state index contributed by atoms with van der Waals surface area (Å²) < 4.78 is 4.90. The van der Waals surface area contributed by atoms with Crippen molar-refractivity contribution in [1.29, 1.82) is 0 Å². The lowest BCUT2D eigenvalue weighted by molar-refractivity contribution is 0.0953. The van der Waals surface area contributed by atoms with Crippen LogP contribution in [0.25, 0.3) is 0 Å². The molecule has 0 aliphatic carbocycles. The maximum absolute atomic E-state index is 11.7. The lowest BCUT2D eigenvalue weighted by atomic mass is 10.1. The van der Waals surface area contributed by atoms with Crippen molar-refractivity contribution in [2.75, 3.05) is 33.4 Å². The standard InChI is InChI=1S/C13H20N2O2/c1-11-4-3-5-12(10-11)13(16)15-7-6-14-8-9-17-2/h3-5,10,14H,6-9H2,1-2H3,(H,15,16). The summed E-state index contributed by atoms with van der Waals surface area (Å²) in [5, 5.41) is 6.03. The zero-order chi connectivity index (χ0) is 12.5. The highest BCUT2D eigenvalue weighted by molar-refractivity contribution is 5.94. The van der Waals surface area contributed by atoms with Gasteiger partial charge in [0.15, 0.2) is 0 Å². The number of carbonyl (C=O) groups is 1. The molecule has 0 atom stereocenters. The molecule has 0 bridgehead atoms. The second-order valence-corrected chi connectivity index (χ2v) is 3.87. The third-order valence-corrected chi connectivity index (χ3v) is 2.35. The van der Waals surface area contributed by atoms with E-state index in [4.69, 9.17) is 4.74 Å². The minimum Gasteiger partial charge on any atom is -0.383 e. The van der Waals surface area contributed by atoms with Gasteiger partial charge >= 0.3 is 0 Å². The second-order valence-electron chi connectivity index (χ2n) is 3.87. The van der Waals surface area contributed by atoms with Gasteiger partial charge in [-0.25, -0.2) is 0 Å². The van der Waals surface area contributed by atoms with Gasteiger partial charge in [0.05, 0.1) is 6.61 Å². The van der Waals surface area contributed by atoms with Crippen molar-refractivity contribution in [3.63, 3.8) is 0 Å². The first kappa shape index (κ1) is 13.7. The molecular formula is C13H20N2O2. The minimum atomic E-state index is -0.0257. The smallest absolute Gasteiger partial charge is 0.251 e. The third kappa shape index (κ3) is 5.47. The summed E-state index contributed by atoms with van der Waals surface area (Å²) in [6.45, 7) is 4.84. The van der Waals surface area contributed by atoms with E-state index in [9.17, 15) is 4.79 Å². The molecule has 0 radical (unpaired) electrons. The average molecular weight is 236 g/mol. The van der Waals surface area contributed by atoms with Gasteiger partial charge in [-0.2, -0.15) is 0 Å². The predicted molar refractivity (Wildman–Crippen MR) is 68.3 cm³/mol. The lowest BCUT2D eigenvalue weighted by Gasteiger charge is -2.07. The quantitative estimate of drug-likeness (QED) is 0.693. The van der Waals surface area contributed by atoms with Gasteiger partial charge in [0.2, 0.25) is 0 Å². The van der Waals surface area contributed by atoms with Crippen LogP contribution in [0, 0.1) is 6.92 Å². The Morgan fingerprint density at radius 2 is 2.12 bits per heavy atom. The van der Waals surface area contributed by atoms with Crippen molar-refractivity contribution in [3.05, 3.63) is 35.4 Å². The molecule has 1 aromatic carbocycles. The van der Waals surface area contributed by atoms with Gasteiger partial charge in [-0.1, -0.05) is 17.7 Å². The van der Waals surface area contributed by atoms with Crippen LogP contribution in [0.4, 0.5) is 0 Å². The molecule has 0 fully saturated rings. The maximum atomic E-state index is 11.7. The van der Waals surface area contributed by atoms with Gasteiger partial charge in [0.25, 0.3) is 5.91 Å². The Bertz CT molecular complexity index is 353. The third-order valence-electron chi connectivity index (χ3n) is 2.35. The van der Waals surface area contributed by atoms with Crippen molar-refractivity contribution >= 4 is 5.91 Å². The minimum absolute atomic E-state index is 0.0257. The van der Waals surface area contributed by atoms with Gasteiger partial charge < -0.3 is 15.4 Å².